The first-order valence-corrected chi connectivity index (χ1v) is 5.67. The number of nitro benzene ring substituents is 1. The van der Waals surface area contributed by atoms with Crippen LogP contribution in [0.15, 0.2) is 18.2 Å². The Morgan fingerprint density at radius 1 is 1.53 bits per heavy atom. The summed E-state index contributed by atoms with van der Waals surface area (Å²) in [4.78, 5) is 12.0. The van der Waals surface area contributed by atoms with Crippen LogP contribution in [0.1, 0.15) is 5.56 Å². The maximum absolute atomic E-state index is 10.7. The predicted octanol–water partition coefficient (Wildman–Crippen LogP) is 0.912. The van der Waals surface area contributed by atoms with E-state index in [1.807, 2.05) is 6.07 Å². The Hall–Kier alpha value is -2.17. The molecule has 0 amide bonds. The van der Waals surface area contributed by atoms with Crippen LogP contribution in [0.4, 0.5) is 11.4 Å². The van der Waals surface area contributed by atoms with Crippen molar-refractivity contribution in [1.29, 1.82) is 5.26 Å². The molecule has 0 unspecified atom stereocenters. The van der Waals surface area contributed by atoms with Gasteiger partial charge in [0.05, 0.1) is 18.1 Å². The van der Waals surface area contributed by atoms with Gasteiger partial charge in [0.2, 0.25) is 0 Å². The first-order valence-electron chi connectivity index (χ1n) is 5.67. The number of methoxy groups -OCH3 is 1. The third kappa shape index (κ3) is 3.91. The number of hydrogen-bond donors (Lipinski definition) is 1. The van der Waals surface area contributed by atoms with Crippen molar-refractivity contribution in [3.05, 3.63) is 33.9 Å². The van der Waals surface area contributed by atoms with Gasteiger partial charge in [-0.3, -0.25) is 10.1 Å². The van der Waals surface area contributed by atoms with Gasteiger partial charge in [0, 0.05) is 32.0 Å². The van der Waals surface area contributed by atoms with Gasteiger partial charge in [-0.2, -0.15) is 5.26 Å². The van der Waals surface area contributed by atoms with E-state index in [1.165, 1.54) is 12.1 Å². The van der Waals surface area contributed by atoms with Crippen LogP contribution in [0.25, 0.3) is 0 Å². The number of benzene rings is 1. The van der Waals surface area contributed by atoms with Crippen LogP contribution in [-0.2, 0) is 4.74 Å². The van der Waals surface area contributed by atoms with E-state index in [9.17, 15) is 10.1 Å². The fraction of sp³-hybridized carbons (Fsp3) is 0.417. The molecule has 0 saturated carbocycles. The van der Waals surface area contributed by atoms with E-state index >= 15 is 0 Å². The van der Waals surface area contributed by atoms with E-state index in [4.69, 9.17) is 15.1 Å². The molecule has 102 valence electrons. The molecule has 0 atom stereocenters. The maximum Gasteiger partial charge on any atom is 0.287 e. The minimum Gasteiger partial charge on any atom is -0.395 e. The Kier molecular flexibility index (Phi) is 5.73. The molecule has 0 fully saturated rings. The van der Waals surface area contributed by atoms with E-state index in [2.05, 4.69) is 0 Å². The fourth-order valence-corrected chi connectivity index (χ4v) is 1.66. The van der Waals surface area contributed by atoms with Gasteiger partial charge in [-0.25, -0.2) is 0 Å². The van der Waals surface area contributed by atoms with Gasteiger partial charge in [0.1, 0.15) is 11.6 Å². The summed E-state index contributed by atoms with van der Waals surface area (Å²) in [5, 5.41) is 28.7. The first kappa shape index (κ1) is 14.9. The minimum atomic E-state index is -0.589. The summed E-state index contributed by atoms with van der Waals surface area (Å²) in [6, 6.07) is 6.11. The molecule has 7 heteroatoms. The standard InChI is InChI=1S/C12H15N3O4/c1-19-7-5-14(4-6-16)11-2-3-12(15(17)18)10(8-11)9-13/h2-3,8,16H,4-7H2,1H3. The Labute approximate surface area is 110 Å². The molecule has 0 bridgehead atoms. The number of nitro groups is 1. The largest absolute Gasteiger partial charge is 0.395 e. The number of hydrogen-bond acceptors (Lipinski definition) is 6. The third-order valence-electron chi connectivity index (χ3n) is 2.60. The Balaban J connectivity index is 3.04. The van der Waals surface area contributed by atoms with Crippen LogP contribution in [-0.4, -0.2) is 43.4 Å². The van der Waals surface area contributed by atoms with E-state index in [1.54, 1.807) is 18.1 Å². The molecule has 0 aliphatic rings. The normalized spacial score (nSPS) is 9.95. The lowest BCUT2D eigenvalue weighted by molar-refractivity contribution is -0.385. The number of nitrogens with zero attached hydrogens (tertiary/aromatic N) is 3. The molecule has 0 aromatic heterocycles. The lowest BCUT2D eigenvalue weighted by Crippen LogP contribution is -2.30. The predicted molar refractivity (Wildman–Crippen MR) is 69.0 cm³/mol. The van der Waals surface area contributed by atoms with Gasteiger partial charge in [0.25, 0.3) is 5.69 Å². The quantitative estimate of drug-likeness (QED) is 0.581. The Bertz CT molecular complexity index is 484. The minimum absolute atomic E-state index is 0.00265. The molecule has 0 aliphatic carbocycles. The van der Waals surface area contributed by atoms with Crippen LogP contribution in [0.5, 0.6) is 0 Å². The first-order chi connectivity index (χ1) is 9.13. The lowest BCUT2D eigenvalue weighted by atomic mass is 10.1. The van der Waals surface area contributed by atoms with Gasteiger partial charge in [0.15, 0.2) is 0 Å². The van der Waals surface area contributed by atoms with Crippen molar-refractivity contribution in [1.82, 2.24) is 0 Å². The molecular weight excluding hydrogens is 250 g/mol. The van der Waals surface area contributed by atoms with E-state index in [0.717, 1.165) is 0 Å². The maximum atomic E-state index is 10.7. The Morgan fingerprint density at radius 2 is 2.26 bits per heavy atom. The zero-order valence-electron chi connectivity index (χ0n) is 10.6. The average Bonchev–Trinajstić information content (AvgIpc) is 2.42. The van der Waals surface area contributed by atoms with Gasteiger partial charge in [-0.1, -0.05) is 0 Å². The molecule has 0 aliphatic heterocycles. The van der Waals surface area contributed by atoms with Crippen molar-refractivity contribution < 1.29 is 14.8 Å². The number of rotatable bonds is 7. The van der Waals surface area contributed by atoms with Crippen LogP contribution >= 0.6 is 0 Å². The summed E-state index contributed by atoms with van der Waals surface area (Å²) in [6.45, 7) is 1.30. The smallest absolute Gasteiger partial charge is 0.287 e. The summed E-state index contributed by atoms with van der Waals surface area (Å²) >= 11 is 0. The zero-order chi connectivity index (χ0) is 14.3. The molecule has 1 rings (SSSR count). The van der Waals surface area contributed by atoms with Gasteiger partial charge in [-0.15, -0.1) is 0 Å². The summed E-state index contributed by atoms with van der Waals surface area (Å²) < 4.78 is 4.96. The monoisotopic (exact) mass is 265 g/mol. The summed E-state index contributed by atoms with van der Waals surface area (Å²) in [5.41, 5.74) is 0.429. The third-order valence-corrected chi connectivity index (χ3v) is 2.60. The highest BCUT2D eigenvalue weighted by molar-refractivity contribution is 5.59. The van der Waals surface area contributed by atoms with Gasteiger partial charge in [-0.05, 0) is 12.1 Å². The summed E-state index contributed by atoms with van der Waals surface area (Å²) in [5.74, 6) is 0. The van der Waals surface area contributed by atoms with E-state index < -0.39 is 4.92 Å². The zero-order valence-corrected chi connectivity index (χ0v) is 10.6. The van der Waals surface area contributed by atoms with Gasteiger partial charge >= 0.3 is 0 Å². The molecule has 19 heavy (non-hydrogen) atoms. The summed E-state index contributed by atoms with van der Waals surface area (Å²) in [6.07, 6.45) is 0. The van der Waals surface area contributed by atoms with Crippen molar-refractivity contribution >= 4 is 11.4 Å². The molecule has 0 spiro atoms. The lowest BCUT2D eigenvalue weighted by Gasteiger charge is -2.23. The second-order valence-electron chi connectivity index (χ2n) is 3.77. The van der Waals surface area contributed by atoms with Crippen LogP contribution in [0, 0.1) is 21.4 Å². The number of ether oxygens (including phenoxy) is 1. The second-order valence-corrected chi connectivity index (χ2v) is 3.77. The molecule has 0 radical (unpaired) electrons. The molecule has 1 aromatic rings. The van der Waals surface area contributed by atoms with Crippen molar-refractivity contribution in [2.45, 2.75) is 0 Å². The average molecular weight is 265 g/mol. The highest BCUT2D eigenvalue weighted by Crippen LogP contribution is 2.24. The van der Waals surface area contributed by atoms with Crippen LogP contribution in [0.2, 0.25) is 0 Å². The second kappa shape index (κ2) is 7.31. The number of aliphatic hydroxyl groups excluding tert-OH is 1. The number of anilines is 1. The Morgan fingerprint density at radius 3 is 2.79 bits per heavy atom. The van der Waals surface area contributed by atoms with Crippen LogP contribution < -0.4 is 4.90 Å². The molecular formula is C12H15N3O4. The molecule has 1 aromatic carbocycles. The highest BCUT2D eigenvalue weighted by Gasteiger charge is 2.16. The summed E-state index contributed by atoms with van der Waals surface area (Å²) in [7, 11) is 1.56. The van der Waals surface area contributed by atoms with Crippen molar-refractivity contribution in [3.8, 4) is 6.07 Å². The molecule has 7 nitrogen and oxygen atoms in total. The van der Waals surface area contributed by atoms with Crippen molar-refractivity contribution in [3.63, 3.8) is 0 Å². The van der Waals surface area contributed by atoms with Crippen LogP contribution in [0.3, 0.4) is 0 Å². The fourth-order valence-electron chi connectivity index (χ4n) is 1.66. The molecule has 0 saturated heterocycles. The molecule has 0 heterocycles. The van der Waals surface area contributed by atoms with Gasteiger partial charge < -0.3 is 14.7 Å². The number of nitriles is 1. The van der Waals surface area contributed by atoms with Crippen molar-refractivity contribution in [2.75, 3.05) is 38.3 Å². The van der Waals surface area contributed by atoms with E-state index in [-0.39, 0.29) is 17.9 Å². The topological polar surface area (TPSA) is 99.6 Å². The molecule has 1 N–H and O–H groups in total. The van der Waals surface area contributed by atoms with Crippen molar-refractivity contribution in [2.24, 2.45) is 0 Å². The van der Waals surface area contributed by atoms with E-state index in [0.29, 0.717) is 25.4 Å². The number of aliphatic hydroxyl groups is 1. The highest BCUT2D eigenvalue weighted by atomic mass is 16.6. The SMILES string of the molecule is COCCN(CCO)c1ccc([N+](=O)[O-])c(C#N)c1.